The van der Waals surface area contributed by atoms with Gasteiger partial charge in [0.25, 0.3) is 0 Å². The third-order valence-electron chi connectivity index (χ3n) is 7.37. The molecule has 0 spiro atoms. The zero-order chi connectivity index (χ0) is 25.7. The molecule has 5 aromatic carbocycles. The van der Waals surface area contributed by atoms with Crippen molar-refractivity contribution >= 4 is 43.9 Å². The fourth-order valence-corrected chi connectivity index (χ4v) is 5.71. The van der Waals surface area contributed by atoms with Crippen molar-refractivity contribution in [1.29, 1.82) is 0 Å². The van der Waals surface area contributed by atoms with Crippen LogP contribution in [0, 0.1) is 0 Å². The second-order valence-corrected chi connectivity index (χ2v) is 9.17. The molecule has 0 fully saturated rings. The van der Waals surface area contributed by atoms with Crippen LogP contribution >= 0.6 is 0 Å². The molecule has 37 heavy (non-hydrogen) atoms. The summed E-state index contributed by atoms with van der Waals surface area (Å²) in [5, 5.41) is 9.24. The van der Waals surface area contributed by atoms with Crippen molar-refractivity contribution in [2.45, 2.75) is 12.3 Å². The van der Waals surface area contributed by atoms with Gasteiger partial charge in [0, 0.05) is 17.7 Å². The van der Waals surface area contributed by atoms with Gasteiger partial charge in [-0.2, -0.15) is 0 Å². The molecule has 1 N–H and O–H groups in total. The van der Waals surface area contributed by atoms with Crippen molar-refractivity contribution in [2.24, 2.45) is 0 Å². The lowest BCUT2D eigenvalue weighted by Crippen LogP contribution is -2.24. The fourth-order valence-electron chi connectivity index (χ4n) is 5.71. The molecule has 0 saturated carbocycles. The summed E-state index contributed by atoms with van der Waals surface area (Å²) in [6.45, 7) is 0. The average Bonchev–Trinajstić information content (AvgIpc) is 2.94. The van der Waals surface area contributed by atoms with E-state index in [-0.39, 0.29) is 11.8 Å². The molecule has 0 radical (unpaired) electrons. The highest BCUT2D eigenvalue weighted by molar-refractivity contribution is 6.20. The summed E-state index contributed by atoms with van der Waals surface area (Å²) in [7, 11) is 6.50. The van der Waals surface area contributed by atoms with Crippen molar-refractivity contribution in [3.05, 3.63) is 77.9 Å². The number of anilines is 1. The number of carbonyl (C=O) groups is 1. The van der Waals surface area contributed by atoms with Gasteiger partial charge < -0.3 is 24.3 Å². The van der Waals surface area contributed by atoms with E-state index in [1.54, 1.807) is 28.4 Å². The topological polar surface area (TPSA) is 66.0 Å². The Hall–Kier alpha value is -4.45. The van der Waals surface area contributed by atoms with Gasteiger partial charge in [0.2, 0.25) is 5.91 Å². The first-order valence-corrected chi connectivity index (χ1v) is 12.1. The second-order valence-electron chi connectivity index (χ2n) is 9.17. The molecular formula is C31H27NO5. The third kappa shape index (κ3) is 3.51. The summed E-state index contributed by atoms with van der Waals surface area (Å²) in [5.41, 5.74) is 2.95. The molecule has 1 heterocycles. The van der Waals surface area contributed by atoms with E-state index in [0.717, 1.165) is 49.1 Å². The number of benzene rings is 5. The van der Waals surface area contributed by atoms with Crippen molar-refractivity contribution in [3.8, 4) is 23.0 Å². The molecule has 5 aromatic rings. The number of hydrogen-bond donors (Lipinski definition) is 1. The number of fused-ring (bicyclic) bond motifs is 7. The third-order valence-corrected chi connectivity index (χ3v) is 7.37. The fraction of sp³-hybridized carbons (Fsp3) is 0.194. The second kappa shape index (κ2) is 8.89. The van der Waals surface area contributed by atoms with Gasteiger partial charge in [0.15, 0.2) is 23.0 Å². The lowest BCUT2D eigenvalue weighted by Gasteiger charge is -2.30. The van der Waals surface area contributed by atoms with Crippen LogP contribution in [0.15, 0.2) is 66.7 Å². The summed E-state index contributed by atoms with van der Waals surface area (Å²) < 4.78 is 22.7. The predicted molar refractivity (Wildman–Crippen MR) is 147 cm³/mol. The van der Waals surface area contributed by atoms with Crippen LogP contribution in [0.3, 0.4) is 0 Å². The minimum atomic E-state index is -0.159. The normalized spacial score (nSPS) is 14.9. The SMILES string of the molecule is COc1cc2c3c(c4cc(OC)c(OC)cc4c2cc1OC)C(c1cccc2ccccc12)CC(=O)N3. The van der Waals surface area contributed by atoms with E-state index in [1.807, 2.05) is 36.4 Å². The van der Waals surface area contributed by atoms with E-state index >= 15 is 0 Å². The van der Waals surface area contributed by atoms with Gasteiger partial charge in [-0.1, -0.05) is 42.5 Å². The Kier molecular flexibility index (Phi) is 5.52. The van der Waals surface area contributed by atoms with Crippen molar-refractivity contribution < 1.29 is 23.7 Å². The van der Waals surface area contributed by atoms with Crippen LogP contribution in [0.4, 0.5) is 5.69 Å². The first kappa shape index (κ1) is 23.0. The van der Waals surface area contributed by atoms with Gasteiger partial charge in [-0.25, -0.2) is 0 Å². The molecule has 0 saturated heterocycles. The van der Waals surface area contributed by atoms with E-state index in [4.69, 9.17) is 18.9 Å². The largest absolute Gasteiger partial charge is 0.493 e. The number of hydrogen-bond acceptors (Lipinski definition) is 5. The van der Waals surface area contributed by atoms with Crippen LogP contribution in [0.2, 0.25) is 0 Å². The van der Waals surface area contributed by atoms with Gasteiger partial charge >= 0.3 is 0 Å². The Balaban J connectivity index is 1.79. The van der Waals surface area contributed by atoms with Crippen LogP contribution in [0.5, 0.6) is 23.0 Å². The smallest absolute Gasteiger partial charge is 0.225 e. The van der Waals surface area contributed by atoms with Crippen LogP contribution in [-0.4, -0.2) is 34.3 Å². The van der Waals surface area contributed by atoms with Gasteiger partial charge in [-0.05, 0) is 62.3 Å². The van der Waals surface area contributed by atoms with Crippen LogP contribution in [0.1, 0.15) is 23.5 Å². The Morgan fingerprint density at radius 1 is 0.649 bits per heavy atom. The van der Waals surface area contributed by atoms with E-state index < -0.39 is 0 Å². The lowest BCUT2D eigenvalue weighted by molar-refractivity contribution is -0.116. The van der Waals surface area contributed by atoms with Crippen LogP contribution in [0.25, 0.3) is 32.3 Å². The molecule has 1 aliphatic heterocycles. The number of methoxy groups -OCH3 is 4. The maximum absolute atomic E-state index is 13.2. The Morgan fingerprint density at radius 3 is 1.84 bits per heavy atom. The van der Waals surface area contributed by atoms with Crippen LogP contribution < -0.4 is 24.3 Å². The van der Waals surface area contributed by atoms with Crippen molar-refractivity contribution in [2.75, 3.05) is 33.8 Å². The highest BCUT2D eigenvalue weighted by Gasteiger charge is 2.32. The van der Waals surface area contributed by atoms with Gasteiger partial charge in [-0.3, -0.25) is 4.79 Å². The molecule has 1 amide bonds. The standard InChI is InChI=1S/C31H27NO5/c1-34-25-12-20-21-13-26(35-2)28(37-4)15-24(21)31-30(22(20)14-27(25)36-3)23(16-29(33)32-31)19-11-7-9-17-8-5-6-10-18(17)19/h5-15,23H,16H2,1-4H3,(H,32,33). The maximum atomic E-state index is 13.2. The molecule has 0 bridgehead atoms. The van der Waals surface area contributed by atoms with Crippen molar-refractivity contribution in [3.63, 3.8) is 0 Å². The van der Waals surface area contributed by atoms with E-state index in [1.165, 1.54) is 0 Å². The molecule has 186 valence electrons. The Bertz CT molecular complexity index is 1700. The monoisotopic (exact) mass is 493 g/mol. The average molecular weight is 494 g/mol. The maximum Gasteiger partial charge on any atom is 0.225 e. The Labute approximate surface area is 214 Å². The first-order valence-electron chi connectivity index (χ1n) is 12.1. The summed E-state index contributed by atoms with van der Waals surface area (Å²) in [4.78, 5) is 13.2. The number of amides is 1. The molecule has 6 rings (SSSR count). The number of nitrogens with one attached hydrogen (secondary N) is 1. The molecule has 1 unspecified atom stereocenters. The summed E-state index contributed by atoms with van der Waals surface area (Å²) in [6, 6.07) is 22.5. The minimum absolute atomic E-state index is 0.0265. The van der Waals surface area contributed by atoms with Gasteiger partial charge in [-0.15, -0.1) is 0 Å². The number of rotatable bonds is 5. The molecule has 0 aliphatic carbocycles. The minimum Gasteiger partial charge on any atom is -0.493 e. The molecule has 0 aromatic heterocycles. The molecule has 6 nitrogen and oxygen atoms in total. The van der Waals surface area contributed by atoms with Crippen LogP contribution in [-0.2, 0) is 4.79 Å². The highest BCUT2D eigenvalue weighted by Crippen LogP contribution is 2.51. The number of carbonyl (C=O) groups excluding carboxylic acids is 1. The quantitative estimate of drug-likeness (QED) is 0.278. The van der Waals surface area contributed by atoms with E-state index in [0.29, 0.717) is 29.4 Å². The zero-order valence-corrected chi connectivity index (χ0v) is 21.2. The molecule has 6 heteroatoms. The predicted octanol–water partition coefficient (Wildman–Crippen LogP) is 6.65. The van der Waals surface area contributed by atoms with E-state index in [2.05, 4.69) is 35.6 Å². The van der Waals surface area contributed by atoms with Gasteiger partial charge in [0.05, 0.1) is 34.1 Å². The summed E-state index contributed by atoms with van der Waals surface area (Å²) in [5.74, 6) is 2.28. The van der Waals surface area contributed by atoms with Crippen molar-refractivity contribution in [1.82, 2.24) is 0 Å². The van der Waals surface area contributed by atoms with Gasteiger partial charge in [0.1, 0.15) is 0 Å². The summed E-state index contributed by atoms with van der Waals surface area (Å²) in [6.07, 6.45) is 0.337. The lowest BCUT2D eigenvalue weighted by atomic mass is 9.78. The molecule has 1 atom stereocenters. The first-order chi connectivity index (χ1) is 18.1. The Morgan fingerprint density at radius 2 is 1.19 bits per heavy atom. The van der Waals surface area contributed by atoms with E-state index in [9.17, 15) is 4.79 Å². The highest BCUT2D eigenvalue weighted by atomic mass is 16.5. The summed E-state index contributed by atoms with van der Waals surface area (Å²) >= 11 is 0. The molecule has 1 aliphatic rings. The number of ether oxygens (including phenoxy) is 4. The zero-order valence-electron chi connectivity index (χ0n) is 21.2. The molecular weight excluding hydrogens is 466 g/mol.